The average Bonchev–Trinajstić information content (AvgIpc) is 2.89. The van der Waals surface area contributed by atoms with Gasteiger partial charge in [0.2, 0.25) is 0 Å². The highest BCUT2D eigenvalue weighted by atomic mass is 32.2. The van der Waals surface area contributed by atoms with Crippen molar-refractivity contribution in [3.63, 3.8) is 0 Å². The fourth-order valence-electron chi connectivity index (χ4n) is 2.33. The third-order valence-electron chi connectivity index (χ3n) is 3.58. The fourth-order valence-corrected chi connectivity index (χ4v) is 3.51. The number of thiocarbonyl (C=S) groups is 1. The van der Waals surface area contributed by atoms with E-state index >= 15 is 0 Å². The summed E-state index contributed by atoms with van der Waals surface area (Å²) in [6.45, 7) is 0. The number of nitrogens with zero attached hydrogens (tertiary/aromatic N) is 3. The Morgan fingerprint density at radius 2 is 1.89 bits per heavy atom. The average molecular weight is 418 g/mol. The second-order valence-corrected chi connectivity index (χ2v) is 7.12. The van der Waals surface area contributed by atoms with Crippen LogP contribution in [-0.2, 0) is 4.79 Å². The van der Waals surface area contributed by atoms with Gasteiger partial charge >= 0.3 is 5.69 Å². The number of phenolic OH excluding ortho intramolecular Hbond substituents is 1. The first-order chi connectivity index (χ1) is 13.3. The first kappa shape index (κ1) is 19.3. The smallest absolute Gasteiger partial charge is 0.300 e. The summed E-state index contributed by atoms with van der Waals surface area (Å²) in [5.41, 5.74) is 1.98. The number of carbonyl (C=O) groups excluding carboxylic acids is 1. The molecule has 0 spiro atoms. The molecule has 0 bridgehead atoms. The lowest BCUT2D eigenvalue weighted by Crippen LogP contribution is -2.34. The van der Waals surface area contributed by atoms with E-state index in [0.29, 0.717) is 5.56 Å². The summed E-state index contributed by atoms with van der Waals surface area (Å²) in [6, 6.07) is 9.24. The topological polar surface area (TPSA) is 139 Å². The van der Waals surface area contributed by atoms with E-state index in [4.69, 9.17) is 12.2 Å². The summed E-state index contributed by atoms with van der Waals surface area (Å²) in [5.74, 6) is -0.519. The van der Waals surface area contributed by atoms with Crippen molar-refractivity contribution < 1.29 is 19.7 Å². The number of rotatable bonds is 5. The van der Waals surface area contributed by atoms with Crippen LogP contribution >= 0.6 is 24.0 Å². The quantitative estimate of drug-likeness (QED) is 0.323. The molecule has 12 heteroatoms. The molecule has 0 aromatic heterocycles. The lowest BCUT2D eigenvalue weighted by molar-refractivity contribution is -0.393. The zero-order valence-electron chi connectivity index (χ0n) is 13.8. The van der Waals surface area contributed by atoms with Gasteiger partial charge in [-0.05, 0) is 42.1 Å². The number of nitrogens with one attached hydrogen (secondary N) is 1. The van der Waals surface area contributed by atoms with Crippen molar-refractivity contribution >= 4 is 57.3 Å². The molecule has 1 amide bonds. The van der Waals surface area contributed by atoms with Crippen molar-refractivity contribution in [3.8, 4) is 5.75 Å². The predicted octanol–water partition coefficient (Wildman–Crippen LogP) is 3.44. The number of hydrazine groups is 1. The second-order valence-electron chi connectivity index (χ2n) is 5.44. The molecular formula is C16H10N4O6S2. The van der Waals surface area contributed by atoms with Gasteiger partial charge in [0.05, 0.1) is 20.8 Å². The van der Waals surface area contributed by atoms with E-state index in [1.54, 1.807) is 12.1 Å². The summed E-state index contributed by atoms with van der Waals surface area (Å²) in [5, 5.41) is 32.5. The maximum Gasteiger partial charge on any atom is 0.300 e. The number of thioether (sulfide) groups is 1. The van der Waals surface area contributed by atoms with Crippen LogP contribution in [0.2, 0.25) is 0 Å². The summed E-state index contributed by atoms with van der Waals surface area (Å²) >= 11 is 6.12. The maximum absolute atomic E-state index is 12.6. The molecule has 2 aromatic rings. The van der Waals surface area contributed by atoms with E-state index in [2.05, 4.69) is 5.43 Å². The van der Waals surface area contributed by atoms with Gasteiger partial charge in [-0.1, -0.05) is 23.9 Å². The van der Waals surface area contributed by atoms with Gasteiger partial charge in [-0.25, -0.2) is 5.01 Å². The monoisotopic (exact) mass is 418 g/mol. The van der Waals surface area contributed by atoms with E-state index in [1.165, 1.54) is 18.2 Å². The van der Waals surface area contributed by atoms with Gasteiger partial charge in [0.25, 0.3) is 11.6 Å². The molecule has 10 nitrogen and oxygen atoms in total. The van der Waals surface area contributed by atoms with Gasteiger partial charge in [-0.15, -0.1) is 0 Å². The molecule has 0 atom stereocenters. The number of non-ortho nitro benzene ring substituents is 1. The number of hydrogen-bond acceptors (Lipinski definition) is 9. The Labute approximate surface area is 166 Å². The fraction of sp³-hybridized carbons (Fsp3) is 0. The molecule has 1 heterocycles. The summed E-state index contributed by atoms with van der Waals surface area (Å²) < 4.78 is 0.101. The van der Waals surface area contributed by atoms with Crippen molar-refractivity contribution in [2.24, 2.45) is 0 Å². The van der Waals surface area contributed by atoms with E-state index in [0.717, 1.165) is 35.0 Å². The first-order valence-electron chi connectivity index (χ1n) is 7.53. The van der Waals surface area contributed by atoms with E-state index in [1.807, 2.05) is 0 Å². The SMILES string of the molecule is O=C1/C(=C\c2cccc(O)c2)SC(=S)N1Nc1ccc([N+](=O)[O-])cc1[N+](=O)[O-]. The molecule has 2 aromatic carbocycles. The van der Waals surface area contributed by atoms with E-state index in [-0.39, 0.29) is 20.7 Å². The predicted molar refractivity (Wildman–Crippen MR) is 106 cm³/mol. The minimum Gasteiger partial charge on any atom is -0.508 e. The highest BCUT2D eigenvalue weighted by Crippen LogP contribution is 2.35. The number of nitro benzene ring substituents is 2. The number of hydrogen-bond donors (Lipinski definition) is 2. The minimum absolute atomic E-state index is 0.0314. The molecule has 142 valence electrons. The molecule has 1 saturated heterocycles. The number of aromatic hydroxyl groups is 1. The number of amides is 1. The third-order valence-corrected chi connectivity index (χ3v) is 4.88. The van der Waals surface area contributed by atoms with Crippen molar-refractivity contribution in [2.45, 2.75) is 0 Å². The van der Waals surface area contributed by atoms with Crippen molar-refractivity contribution in [1.29, 1.82) is 0 Å². The van der Waals surface area contributed by atoms with Crippen LogP contribution in [0.5, 0.6) is 5.75 Å². The van der Waals surface area contributed by atoms with Crippen LogP contribution in [0, 0.1) is 20.2 Å². The zero-order valence-corrected chi connectivity index (χ0v) is 15.4. The first-order valence-corrected chi connectivity index (χ1v) is 8.75. The number of carbonyl (C=O) groups is 1. The summed E-state index contributed by atoms with van der Waals surface area (Å²) in [4.78, 5) is 33.4. The Morgan fingerprint density at radius 3 is 2.54 bits per heavy atom. The Hall–Kier alpha value is -3.51. The van der Waals surface area contributed by atoms with Gasteiger partial charge in [-0.2, -0.15) is 0 Å². The largest absolute Gasteiger partial charge is 0.508 e. The van der Waals surface area contributed by atoms with Gasteiger partial charge in [0, 0.05) is 6.07 Å². The lowest BCUT2D eigenvalue weighted by Gasteiger charge is -2.16. The Bertz CT molecular complexity index is 1060. The lowest BCUT2D eigenvalue weighted by atomic mass is 10.2. The molecule has 1 aliphatic rings. The molecule has 28 heavy (non-hydrogen) atoms. The van der Waals surface area contributed by atoms with E-state index in [9.17, 15) is 30.1 Å². The number of phenols is 1. The maximum atomic E-state index is 12.6. The molecule has 2 N–H and O–H groups in total. The highest BCUT2D eigenvalue weighted by Gasteiger charge is 2.34. The van der Waals surface area contributed by atoms with Crippen LogP contribution in [0.1, 0.15) is 5.56 Å². The van der Waals surface area contributed by atoms with Crippen LogP contribution in [0.15, 0.2) is 47.4 Å². The van der Waals surface area contributed by atoms with Gasteiger partial charge in [0.15, 0.2) is 4.32 Å². The minimum atomic E-state index is -0.796. The number of benzene rings is 2. The Balaban J connectivity index is 1.89. The molecular weight excluding hydrogens is 408 g/mol. The van der Waals surface area contributed by atoms with Crippen LogP contribution in [0.3, 0.4) is 0 Å². The Morgan fingerprint density at radius 1 is 1.14 bits per heavy atom. The number of anilines is 1. The second kappa shape index (κ2) is 7.62. The van der Waals surface area contributed by atoms with Gasteiger partial charge < -0.3 is 5.11 Å². The van der Waals surface area contributed by atoms with Crippen LogP contribution in [0.4, 0.5) is 17.1 Å². The Kier molecular flexibility index (Phi) is 5.24. The molecule has 0 unspecified atom stereocenters. The van der Waals surface area contributed by atoms with Gasteiger partial charge in [0.1, 0.15) is 11.4 Å². The molecule has 1 aliphatic heterocycles. The molecule has 3 rings (SSSR count). The van der Waals surface area contributed by atoms with Gasteiger partial charge in [-0.3, -0.25) is 30.4 Å². The third kappa shape index (κ3) is 3.92. The molecule has 0 radical (unpaired) electrons. The van der Waals surface area contributed by atoms with Crippen molar-refractivity contribution in [3.05, 3.63) is 73.2 Å². The summed E-state index contributed by atoms with van der Waals surface area (Å²) in [6.07, 6.45) is 1.52. The van der Waals surface area contributed by atoms with Crippen molar-refractivity contribution in [2.75, 3.05) is 5.43 Å². The zero-order chi connectivity index (χ0) is 20.4. The highest BCUT2D eigenvalue weighted by molar-refractivity contribution is 8.26. The number of nitro groups is 2. The normalized spacial score (nSPS) is 15.1. The molecule has 0 aliphatic carbocycles. The standard InChI is InChI=1S/C16H10N4O6S2/c21-11-3-1-2-9(6-11)7-14-15(22)18(16(27)28-14)17-12-5-4-10(19(23)24)8-13(12)20(25)26/h1-8,17,21H/b14-7+. The van der Waals surface area contributed by atoms with E-state index < -0.39 is 27.1 Å². The van der Waals surface area contributed by atoms with Crippen LogP contribution in [-0.4, -0.2) is 30.2 Å². The summed E-state index contributed by atoms with van der Waals surface area (Å²) in [7, 11) is 0. The molecule has 1 fully saturated rings. The van der Waals surface area contributed by atoms with Crippen LogP contribution in [0.25, 0.3) is 6.08 Å². The van der Waals surface area contributed by atoms with Crippen LogP contribution < -0.4 is 5.43 Å². The van der Waals surface area contributed by atoms with Crippen molar-refractivity contribution in [1.82, 2.24) is 5.01 Å². The molecule has 0 saturated carbocycles.